The molecule has 2 aromatic rings. The minimum absolute atomic E-state index is 0.0483. The molecule has 0 fully saturated rings. The van der Waals surface area contributed by atoms with E-state index in [2.05, 4.69) is 10.4 Å². The molecule has 1 N–H and O–H groups in total. The highest BCUT2D eigenvalue weighted by Crippen LogP contribution is 2.33. The summed E-state index contributed by atoms with van der Waals surface area (Å²) in [6, 6.07) is 1.43. The summed E-state index contributed by atoms with van der Waals surface area (Å²) in [6.07, 6.45) is 2.40. The monoisotopic (exact) mass is 413 g/mol. The van der Waals surface area contributed by atoms with Gasteiger partial charge >= 0.3 is 0 Å². The van der Waals surface area contributed by atoms with Gasteiger partial charge in [-0.15, -0.1) is 0 Å². The number of sulfone groups is 1. The summed E-state index contributed by atoms with van der Waals surface area (Å²) in [5.74, 6) is -0.731. The van der Waals surface area contributed by atoms with E-state index in [9.17, 15) is 18.0 Å². The van der Waals surface area contributed by atoms with Gasteiger partial charge < -0.3 is 10.1 Å². The average Bonchev–Trinajstić information content (AvgIpc) is 2.94. The molecule has 2 rings (SSSR count). The fourth-order valence-corrected chi connectivity index (χ4v) is 4.38. The maximum atomic E-state index is 13.0. The minimum atomic E-state index is -3.50. The van der Waals surface area contributed by atoms with Gasteiger partial charge in [-0.25, -0.2) is 13.1 Å². The fraction of sp³-hybridized carbons (Fsp3) is 0.353. The molecule has 0 unspecified atom stereocenters. The van der Waals surface area contributed by atoms with E-state index < -0.39 is 15.6 Å². The molecule has 1 heterocycles. The number of ketones is 1. The maximum Gasteiger partial charge on any atom is 0.257 e. The lowest BCUT2D eigenvalue weighted by atomic mass is 10.0. The van der Waals surface area contributed by atoms with Crippen molar-refractivity contribution in [1.29, 1.82) is 0 Å². The van der Waals surface area contributed by atoms with Gasteiger partial charge in [0.1, 0.15) is 5.56 Å². The van der Waals surface area contributed by atoms with Crippen LogP contribution in [0.2, 0.25) is 5.02 Å². The van der Waals surface area contributed by atoms with Crippen molar-refractivity contribution < 1.29 is 22.7 Å². The first-order chi connectivity index (χ1) is 12.5. The first-order valence-electron chi connectivity index (χ1n) is 7.88. The summed E-state index contributed by atoms with van der Waals surface area (Å²) in [5.41, 5.74) is 0.977. The van der Waals surface area contributed by atoms with Gasteiger partial charge in [-0.1, -0.05) is 11.6 Å². The van der Waals surface area contributed by atoms with E-state index in [-0.39, 0.29) is 39.4 Å². The second kappa shape index (κ2) is 7.69. The molecule has 0 atom stereocenters. The lowest BCUT2D eigenvalue weighted by Crippen LogP contribution is -2.25. The third-order valence-corrected chi connectivity index (χ3v) is 5.85. The van der Waals surface area contributed by atoms with Crippen LogP contribution in [0, 0.1) is 13.8 Å². The van der Waals surface area contributed by atoms with E-state index >= 15 is 0 Å². The Kier molecular flexibility index (Phi) is 5.96. The Hall–Kier alpha value is -2.39. The van der Waals surface area contributed by atoms with Crippen molar-refractivity contribution in [1.82, 2.24) is 15.1 Å². The van der Waals surface area contributed by atoms with Crippen molar-refractivity contribution >= 4 is 33.1 Å². The van der Waals surface area contributed by atoms with Crippen LogP contribution in [-0.2, 0) is 21.7 Å². The molecule has 146 valence electrons. The Morgan fingerprint density at radius 1 is 1.30 bits per heavy atom. The number of nitrogens with zero attached hydrogens (tertiary/aromatic N) is 2. The Morgan fingerprint density at radius 2 is 1.93 bits per heavy atom. The van der Waals surface area contributed by atoms with Crippen LogP contribution in [-0.4, -0.2) is 49.8 Å². The number of aryl methyl sites for hydroxylation is 2. The van der Waals surface area contributed by atoms with Gasteiger partial charge in [0.05, 0.1) is 16.1 Å². The molecule has 0 aliphatic carbocycles. The van der Waals surface area contributed by atoms with Crippen LogP contribution in [0.15, 0.2) is 17.2 Å². The van der Waals surface area contributed by atoms with Gasteiger partial charge in [0, 0.05) is 25.9 Å². The highest BCUT2D eigenvalue weighted by molar-refractivity contribution is 7.90. The van der Waals surface area contributed by atoms with Crippen molar-refractivity contribution in [3.63, 3.8) is 0 Å². The van der Waals surface area contributed by atoms with E-state index in [0.29, 0.717) is 11.1 Å². The average molecular weight is 414 g/mol. The lowest BCUT2D eigenvalue weighted by molar-refractivity contribution is -0.122. The van der Waals surface area contributed by atoms with Crippen molar-refractivity contribution in [2.45, 2.75) is 18.7 Å². The molecule has 0 aliphatic heterocycles. The largest absolute Gasteiger partial charge is 0.467 e. The number of nitrogens with one attached hydrogen (secondary N) is 1. The second-order valence-corrected chi connectivity index (χ2v) is 8.39. The topological polar surface area (TPSA) is 107 Å². The van der Waals surface area contributed by atoms with Gasteiger partial charge in [0.2, 0.25) is 11.7 Å². The van der Waals surface area contributed by atoms with Crippen LogP contribution in [0.25, 0.3) is 0 Å². The van der Waals surface area contributed by atoms with Crippen LogP contribution in [0.4, 0.5) is 0 Å². The predicted molar refractivity (Wildman–Crippen MR) is 100 cm³/mol. The maximum absolute atomic E-state index is 13.0. The third kappa shape index (κ3) is 4.14. The zero-order valence-electron chi connectivity index (χ0n) is 15.6. The molecule has 0 radical (unpaired) electrons. The zero-order valence-corrected chi connectivity index (χ0v) is 17.2. The number of ether oxygens (including phenoxy) is 1. The molecular weight excluding hydrogens is 394 g/mol. The van der Waals surface area contributed by atoms with Gasteiger partial charge in [-0.05, 0) is 31.0 Å². The number of likely N-dealkylation sites (N-methyl/N-ethyl adjacent to an activating group) is 1. The number of hydrogen-bond donors (Lipinski definition) is 1. The standard InChI is InChI=1S/C17H20ClN3O5S/c1-9-6-11(14(18)10(2)16(9)27(5,24)25)15(23)12-7-20-21(4)17(12)26-8-13(22)19-3/h6-7H,8H2,1-5H3,(H,19,22). The molecule has 0 saturated heterocycles. The molecule has 0 aliphatic rings. The molecule has 1 aromatic heterocycles. The Morgan fingerprint density at radius 3 is 2.48 bits per heavy atom. The Balaban J connectivity index is 2.53. The van der Waals surface area contributed by atoms with Gasteiger partial charge in [-0.2, -0.15) is 5.10 Å². The van der Waals surface area contributed by atoms with Crippen LogP contribution >= 0.6 is 11.6 Å². The van der Waals surface area contributed by atoms with Gasteiger partial charge in [0.25, 0.3) is 5.91 Å². The number of benzene rings is 1. The van der Waals surface area contributed by atoms with Crippen LogP contribution in [0.5, 0.6) is 5.88 Å². The summed E-state index contributed by atoms with van der Waals surface area (Å²) in [6.45, 7) is 2.87. The molecule has 1 amide bonds. The normalized spacial score (nSPS) is 11.3. The number of halogens is 1. The first kappa shape index (κ1) is 20.9. The molecular formula is C17H20ClN3O5S. The van der Waals surface area contributed by atoms with E-state index in [1.807, 2.05) is 0 Å². The number of carbonyl (C=O) groups is 2. The Bertz CT molecular complexity index is 1030. The van der Waals surface area contributed by atoms with E-state index in [1.54, 1.807) is 20.9 Å². The molecule has 27 heavy (non-hydrogen) atoms. The highest BCUT2D eigenvalue weighted by atomic mass is 35.5. The van der Waals surface area contributed by atoms with Crippen LogP contribution in [0.1, 0.15) is 27.0 Å². The lowest BCUT2D eigenvalue weighted by Gasteiger charge is -2.14. The molecule has 0 bridgehead atoms. The molecule has 8 nitrogen and oxygen atoms in total. The number of rotatable bonds is 6. The number of amides is 1. The minimum Gasteiger partial charge on any atom is -0.467 e. The SMILES string of the molecule is CNC(=O)COc1c(C(=O)c2cc(C)c(S(C)(=O)=O)c(C)c2Cl)cnn1C. The van der Waals surface area contributed by atoms with E-state index in [1.165, 1.54) is 24.0 Å². The summed E-state index contributed by atoms with van der Waals surface area (Å²) in [5, 5.41) is 6.46. The summed E-state index contributed by atoms with van der Waals surface area (Å²) in [4.78, 5) is 24.5. The first-order valence-corrected chi connectivity index (χ1v) is 10.2. The number of carbonyl (C=O) groups excluding carboxylic acids is 2. The molecule has 1 aromatic carbocycles. The molecule has 0 spiro atoms. The van der Waals surface area contributed by atoms with Crippen LogP contribution in [0.3, 0.4) is 0 Å². The molecule has 10 heteroatoms. The fourth-order valence-electron chi connectivity index (χ4n) is 2.78. The van der Waals surface area contributed by atoms with Crippen molar-refractivity contribution in [3.8, 4) is 5.88 Å². The summed E-state index contributed by atoms with van der Waals surface area (Å²) in [7, 11) is -0.462. The zero-order chi connectivity index (χ0) is 20.5. The Labute approximate surface area is 162 Å². The van der Waals surface area contributed by atoms with E-state index in [4.69, 9.17) is 16.3 Å². The second-order valence-electron chi connectivity index (χ2n) is 6.06. The summed E-state index contributed by atoms with van der Waals surface area (Å²) < 4.78 is 30.7. The van der Waals surface area contributed by atoms with Crippen molar-refractivity contribution in [2.24, 2.45) is 7.05 Å². The van der Waals surface area contributed by atoms with Gasteiger partial charge in [-0.3, -0.25) is 9.59 Å². The van der Waals surface area contributed by atoms with Gasteiger partial charge in [0.15, 0.2) is 16.4 Å². The van der Waals surface area contributed by atoms with E-state index in [0.717, 1.165) is 6.26 Å². The quantitative estimate of drug-likeness (QED) is 0.718. The third-order valence-electron chi connectivity index (χ3n) is 3.99. The highest BCUT2D eigenvalue weighted by Gasteiger charge is 2.26. The predicted octanol–water partition coefficient (Wildman–Crippen LogP) is 1.45. The van der Waals surface area contributed by atoms with Crippen molar-refractivity contribution in [3.05, 3.63) is 39.5 Å². The van der Waals surface area contributed by atoms with Crippen molar-refractivity contribution in [2.75, 3.05) is 19.9 Å². The molecule has 0 saturated carbocycles. The smallest absolute Gasteiger partial charge is 0.257 e. The summed E-state index contributed by atoms with van der Waals surface area (Å²) >= 11 is 6.31. The number of hydrogen-bond acceptors (Lipinski definition) is 6. The van der Waals surface area contributed by atoms with Crippen LogP contribution < -0.4 is 10.1 Å². The number of aromatic nitrogens is 2.